The third kappa shape index (κ3) is 2.39. The molecule has 0 aliphatic heterocycles. The second-order valence-electron chi connectivity index (χ2n) is 4.22. The number of nitrogens with two attached hydrogens (primary N) is 1. The number of carbonyl (C=O) groups is 1. The summed E-state index contributed by atoms with van der Waals surface area (Å²) in [5.41, 5.74) is 6.15. The molecule has 1 amide bonds. The molecule has 1 aliphatic carbocycles. The maximum Gasteiger partial charge on any atom is 0.270 e. The van der Waals surface area contributed by atoms with E-state index in [4.69, 9.17) is 5.73 Å². The van der Waals surface area contributed by atoms with E-state index in [9.17, 15) is 4.79 Å². The van der Waals surface area contributed by atoms with E-state index >= 15 is 0 Å². The molecule has 1 heterocycles. The van der Waals surface area contributed by atoms with Crippen molar-refractivity contribution in [2.75, 3.05) is 6.54 Å². The first kappa shape index (κ1) is 11.1. The number of rotatable bonds is 3. The lowest BCUT2D eigenvalue weighted by Gasteiger charge is -2.19. The Balaban J connectivity index is 1.97. The minimum Gasteiger partial charge on any atom is -0.348 e. The lowest BCUT2D eigenvalue weighted by Crippen LogP contribution is -2.40. The predicted octanol–water partition coefficient (Wildman–Crippen LogP) is 0.939. The van der Waals surface area contributed by atoms with Crippen molar-refractivity contribution < 1.29 is 4.79 Å². The predicted molar refractivity (Wildman–Crippen MR) is 61.9 cm³/mol. The van der Waals surface area contributed by atoms with Crippen molar-refractivity contribution in [1.82, 2.24) is 10.3 Å². The fourth-order valence-corrected chi connectivity index (χ4v) is 2.25. The number of amides is 1. The molecule has 2 rings (SSSR count). The molecule has 0 aromatic carbocycles. The minimum atomic E-state index is -0.0917. The highest BCUT2D eigenvalue weighted by atomic mass is 16.1. The van der Waals surface area contributed by atoms with E-state index in [2.05, 4.69) is 10.3 Å². The summed E-state index contributed by atoms with van der Waals surface area (Å²) in [4.78, 5) is 15.9. The molecule has 1 aromatic rings. The van der Waals surface area contributed by atoms with Crippen LogP contribution in [-0.2, 0) is 0 Å². The molecule has 2 unspecified atom stereocenters. The third-order valence-electron chi connectivity index (χ3n) is 3.18. The molecule has 86 valence electrons. The van der Waals surface area contributed by atoms with Crippen LogP contribution in [0, 0.1) is 5.92 Å². The van der Waals surface area contributed by atoms with E-state index in [0.29, 0.717) is 18.2 Å². The van der Waals surface area contributed by atoms with Crippen LogP contribution in [0.25, 0.3) is 0 Å². The fourth-order valence-electron chi connectivity index (χ4n) is 2.25. The molecular formula is C12H17N3O. The van der Waals surface area contributed by atoms with Gasteiger partial charge in [0.2, 0.25) is 0 Å². The first-order chi connectivity index (χ1) is 7.81. The first-order valence-corrected chi connectivity index (χ1v) is 5.73. The van der Waals surface area contributed by atoms with Crippen LogP contribution in [0.15, 0.2) is 24.4 Å². The Morgan fingerprint density at radius 1 is 1.50 bits per heavy atom. The van der Waals surface area contributed by atoms with Crippen LogP contribution < -0.4 is 11.1 Å². The quantitative estimate of drug-likeness (QED) is 0.795. The lowest BCUT2D eigenvalue weighted by molar-refractivity contribution is 0.0923. The Bertz CT molecular complexity index is 353. The number of aromatic nitrogens is 1. The van der Waals surface area contributed by atoms with Crippen LogP contribution in [0.3, 0.4) is 0 Å². The van der Waals surface area contributed by atoms with Crippen molar-refractivity contribution >= 4 is 5.91 Å². The van der Waals surface area contributed by atoms with Crippen molar-refractivity contribution in [2.45, 2.75) is 25.3 Å². The summed E-state index contributed by atoms with van der Waals surface area (Å²) in [7, 11) is 0. The zero-order valence-corrected chi connectivity index (χ0v) is 9.23. The molecular weight excluding hydrogens is 202 g/mol. The van der Waals surface area contributed by atoms with Crippen LogP contribution in [0.1, 0.15) is 29.8 Å². The highest BCUT2D eigenvalue weighted by Gasteiger charge is 2.27. The molecule has 16 heavy (non-hydrogen) atoms. The number of nitrogens with one attached hydrogen (secondary N) is 1. The normalized spacial score (nSPS) is 24.3. The zero-order chi connectivity index (χ0) is 11.4. The summed E-state index contributed by atoms with van der Waals surface area (Å²) >= 11 is 0. The minimum absolute atomic E-state index is 0.0917. The molecule has 1 fully saturated rings. The molecule has 0 bridgehead atoms. The van der Waals surface area contributed by atoms with E-state index < -0.39 is 0 Å². The average molecular weight is 219 g/mol. The fraction of sp³-hybridized carbons (Fsp3) is 0.500. The summed E-state index contributed by atoms with van der Waals surface area (Å²) in [5, 5.41) is 3.01. The van der Waals surface area contributed by atoms with Crippen molar-refractivity contribution in [3.05, 3.63) is 30.1 Å². The number of hydrogen-bond donors (Lipinski definition) is 2. The average Bonchev–Trinajstić information content (AvgIpc) is 2.77. The molecule has 0 radical (unpaired) electrons. The van der Waals surface area contributed by atoms with Gasteiger partial charge in [-0.25, -0.2) is 0 Å². The molecule has 4 nitrogen and oxygen atoms in total. The summed E-state index contributed by atoms with van der Waals surface area (Å²) in [6, 6.07) is 5.56. The Kier molecular flexibility index (Phi) is 3.51. The highest BCUT2D eigenvalue weighted by molar-refractivity contribution is 5.92. The molecule has 1 saturated carbocycles. The van der Waals surface area contributed by atoms with E-state index in [-0.39, 0.29) is 11.9 Å². The van der Waals surface area contributed by atoms with Gasteiger partial charge in [-0.15, -0.1) is 0 Å². The highest BCUT2D eigenvalue weighted by Crippen LogP contribution is 2.24. The van der Waals surface area contributed by atoms with E-state index in [1.165, 1.54) is 0 Å². The van der Waals surface area contributed by atoms with Gasteiger partial charge in [-0.2, -0.15) is 0 Å². The number of hydrogen-bond acceptors (Lipinski definition) is 3. The second-order valence-corrected chi connectivity index (χ2v) is 4.22. The Morgan fingerprint density at radius 2 is 2.38 bits per heavy atom. The maximum absolute atomic E-state index is 11.8. The smallest absolute Gasteiger partial charge is 0.270 e. The zero-order valence-electron chi connectivity index (χ0n) is 9.23. The van der Waals surface area contributed by atoms with E-state index in [1.54, 1.807) is 18.3 Å². The molecule has 1 aliphatic rings. The maximum atomic E-state index is 11.8. The third-order valence-corrected chi connectivity index (χ3v) is 3.18. The van der Waals surface area contributed by atoms with Crippen LogP contribution in [0.2, 0.25) is 0 Å². The van der Waals surface area contributed by atoms with Gasteiger partial charge >= 0.3 is 0 Å². The molecule has 0 spiro atoms. The molecule has 1 aromatic heterocycles. The summed E-state index contributed by atoms with van der Waals surface area (Å²) in [6.07, 6.45) is 4.92. The Morgan fingerprint density at radius 3 is 3.06 bits per heavy atom. The molecule has 4 heteroatoms. The van der Waals surface area contributed by atoms with Crippen molar-refractivity contribution in [2.24, 2.45) is 11.7 Å². The topological polar surface area (TPSA) is 68.0 Å². The Hall–Kier alpha value is -1.42. The van der Waals surface area contributed by atoms with Crippen molar-refractivity contribution in [3.63, 3.8) is 0 Å². The van der Waals surface area contributed by atoms with Gasteiger partial charge in [-0.3, -0.25) is 9.78 Å². The van der Waals surface area contributed by atoms with Gasteiger partial charge in [0.05, 0.1) is 0 Å². The van der Waals surface area contributed by atoms with E-state index in [0.717, 1.165) is 19.3 Å². The molecule has 3 N–H and O–H groups in total. The van der Waals surface area contributed by atoms with Crippen molar-refractivity contribution in [3.8, 4) is 0 Å². The van der Waals surface area contributed by atoms with Gasteiger partial charge in [0, 0.05) is 12.2 Å². The standard InChI is InChI=1S/C12H17N3O/c13-8-9-4-3-6-10(9)15-12(16)11-5-1-2-7-14-11/h1-2,5,7,9-10H,3-4,6,8,13H2,(H,15,16). The monoisotopic (exact) mass is 219 g/mol. The summed E-state index contributed by atoms with van der Waals surface area (Å²) < 4.78 is 0. The van der Waals surface area contributed by atoms with Gasteiger partial charge in [0.1, 0.15) is 5.69 Å². The lowest BCUT2D eigenvalue weighted by atomic mass is 10.0. The SMILES string of the molecule is NCC1CCCC1NC(=O)c1ccccn1. The van der Waals surface area contributed by atoms with Crippen LogP contribution in [-0.4, -0.2) is 23.5 Å². The van der Waals surface area contributed by atoms with Crippen molar-refractivity contribution in [1.29, 1.82) is 0 Å². The van der Waals surface area contributed by atoms with Gasteiger partial charge in [-0.1, -0.05) is 12.5 Å². The van der Waals surface area contributed by atoms with Gasteiger partial charge in [0.25, 0.3) is 5.91 Å². The summed E-state index contributed by atoms with van der Waals surface area (Å²) in [6.45, 7) is 0.646. The van der Waals surface area contributed by atoms with Crippen LogP contribution >= 0.6 is 0 Å². The molecule has 0 saturated heterocycles. The van der Waals surface area contributed by atoms with E-state index in [1.807, 2.05) is 6.07 Å². The van der Waals surface area contributed by atoms with Crippen LogP contribution in [0.4, 0.5) is 0 Å². The van der Waals surface area contributed by atoms with Gasteiger partial charge in [0.15, 0.2) is 0 Å². The largest absolute Gasteiger partial charge is 0.348 e. The van der Waals surface area contributed by atoms with Crippen LogP contribution in [0.5, 0.6) is 0 Å². The van der Waals surface area contributed by atoms with Gasteiger partial charge < -0.3 is 11.1 Å². The molecule has 2 atom stereocenters. The first-order valence-electron chi connectivity index (χ1n) is 5.73. The number of pyridine rings is 1. The van der Waals surface area contributed by atoms with Gasteiger partial charge in [-0.05, 0) is 37.4 Å². The number of nitrogens with zero attached hydrogens (tertiary/aromatic N) is 1. The second kappa shape index (κ2) is 5.07. The Labute approximate surface area is 95.3 Å². The summed E-state index contributed by atoms with van der Waals surface area (Å²) in [5.74, 6) is 0.332. The number of carbonyl (C=O) groups excluding carboxylic acids is 1.